The van der Waals surface area contributed by atoms with Crippen LogP contribution in [0.15, 0.2) is 71.2 Å². The molecule has 6 nitrogen and oxygen atoms in total. The van der Waals surface area contributed by atoms with E-state index in [1.54, 1.807) is 32.5 Å². The molecule has 1 aromatic heterocycles. The zero-order valence-electron chi connectivity index (χ0n) is 15.9. The van der Waals surface area contributed by atoms with Crippen LogP contribution in [0.3, 0.4) is 0 Å². The maximum absolute atomic E-state index is 13.0. The molecule has 8 heteroatoms. The molecule has 148 valence electrons. The van der Waals surface area contributed by atoms with Crippen molar-refractivity contribution in [3.63, 3.8) is 0 Å². The first-order valence-electron chi connectivity index (χ1n) is 8.74. The molecule has 1 heterocycles. The second-order valence-corrected chi connectivity index (χ2v) is 6.93. The van der Waals surface area contributed by atoms with E-state index in [1.807, 2.05) is 18.2 Å². The number of thioether (sulfide) groups is 1. The van der Waals surface area contributed by atoms with Gasteiger partial charge >= 0.3 is 0 Å². The van der Waals surface area contributed by atoms with Crippen molar-refractivity contribution in [3.8, 4) is 5.75 Å². The highest BCUT2D eigenvalue weighted by atomic mass is 32.2. The molecule has 0 unspecified atom stereocenters. The van der Waals surface area contributed by atoms with Crippen LogP contribution in [0.5, 0.6) is 5.75 Å². The number of hydrazone groups is 1. The summed E-state index contributed by atoms with van der Waals surface area (Å²) in [4.78, 5) is 20.6. The molecule has 3 aromatic rings. The highest BCUT2D eigenvalue weighted by Gasteiger charge is 2.09. The maximum atomic E-state index is 13.0. The minimum Gasteiger partial charge on any atom is -0.496 e. The van der Waals surface area contributed by atoms with Crippen molar-refractivity contribution in [1.82, 2.24) is 15.4 Å². The number of rotatable bonds is 7. The Labute approximate surface area is 172 Å². The minimum atomic E-state index is -0.408. The summed E-state index contributed by atoms with van der Waals surface area (Å²) in [6, 6.07) is 12.7. The van der Waals surface area contributed by atoms with E-state index < -0.39 is 11.7 Å². The van der Waals surface area contributed by atoms with Gasteiger partial charge < -0.3 is 4.74 Å². The minimum absolute atomic E-state index is 0.331. The molecule has 0 saturated heterocycles. The van der Waals surface area contributed by atoms with Crippen LogP contribution in [0.25, 0.3) is 0 Å². The number of carbonyl (C=O) groups excluding carboxylic acids is 1. The normalized spacial score (nSPS) is 11.2. The number of halogens is 1. The van der Waals surface area contributed by atoms with E-state index in [0.717, 1.165) is 16.9 Å². The molecule has 0 aliphatic heterocycles. The Hall–Kier alpha value is -3.26. The summed E-state index contributed by atoms with van der Waals surface area (Å²) in [5, 5.41) is 4.84. The smallest absolute Gasteiger partial charge is 0.271 e. The fourth-order valence-corrected chi connectivity index (χ4v) is 3.26. The summed E-state index contributed by atoms with van der Waals surface area (Å²) in [6.45, 7) is 1.80. The number of amides is 1. The molecule has 0 spiro atoms. The van der Waals surface area contributed by atoms with Gasteiger partial charge in [0.05, 0.1) is 12.8 Å². The van der Waals surface area contributed by atoms with Gasteiger partial charge in [0.25, 0.3) is 5.91 Å². The molecule has 0 fully saturated rings. The number of hydrogen-bond donors (Lipinski definition) is 1. The van der Waals surface area contributed by atoms with Crippen molar-refractivity contribution in [2.75, 3.05) is 7.11 Å². The number of aromatic nitrogens is 2. The van der Waals surface area contributed by atoms with Gasteiger partial charge in [-0.1, -0.05) is 11.8 Å². The van der Waals surface area contributed by atoms with Gasteiger partial charge in [-0.15, -0.1) is 0 Å². The van der Waals surface area contributed by atoms with Crippen LogP contribution in [0.1, 0.15) is 28.4 Å². The molecular formula is C21H19FN4O2S. The Kier molecular flexibility index (Phi) is 6.91. The number of nitrogens with one attached hydrogen (secondary N) is 1. The lowest BCUT2D eigenvalue weighted by Gasteiger charge is -2.10. The third kappa shape index (κ3) is 5.61. The predicted molar refractivity (Wildman–Crippen MR) is 111 cm³/mol. The topological polar surface area (TPSA) is 76.5 Å². The van der Waals surface area contributed by atoms with Crippen LogP contribution >= 0.6 is 11.8 Å². The van der Waals surface area contributed by atoms with E-state index in [1.165, 1.54) is 36.0 Å². The van der Waals surface area contributed by atoms with E-state index in [0.29, 0.717) is 22.2 Å². The Balaban J connectivity index is 1.72. The molecule has 0 bridgehead atoms. The van der Waals surface area contributed by atoms with E-state index in [4.69, 9.17) is 4.74 Å². The van der Waals surface area contributed by atoms with Crippen molar-refractivity contribution in [1.29, 1.82) is 0 Å². The Morgan fingerprint density at radius 2 is 1.83 bits per heavy atom. The van der Waals surface area contributed by atoms with Gasteiger partial charge in [0.2, 0.25) is 0 Å². The van der Waals surface area contributed by atoms with E-state index in [9.17, 15) is 9.18 Å². The number of nitrogens with zero attached hydrogens (tertiary/aromatic N) is 3. The Bertz CT molecular complexity index is 1010. The highest BCUT2D eigenvalue weighted by Crippen LogP contribution is 2.27. The molecule has 1 N–H and O–H groups in total. The summed E-state index contributed by atoms with van der Waals surface area (Å²) in [5.41, 5.74) is 5.26. The quantitative estimate of drug-likeness (QED) is 0.275. The molecule has 2 aromatic carbocycles. The molecular weight excluding hydrogens is 391 g/mol. The molecule has 3 rings (SSSR count). The SMILES string of the molecule is COc1ccc(/C(C)=N\NC(=O)c2ccc(F)cc2)cc1CSc1ncccn1. The van der Waals surface area contributed by atoms with Crippen molar-refractivity contribution in [2.24, 2.45) is 5.10 Å². The van der Waals surface area contributed by atoms with Crippen molar-refractivity contribution >= 4 is 23.4 Å². The second kappa shape index (κ2) is 9.79. The number of hydrogen-bond acceptors (Lipinski definition) is 6. The van der Waals surface area contributed by atoms with Gasteiger partial charge in [-0.2, -0.15) is 5.10 Å². The third-order valence-electron chi connectivity index (χ3n) is 4.03. The molecule has 0 aliphatic rings. The average molecular weight is 410 g/mol. The molecule has 0 aliphatic carbocycles. The monoisotopic (exact) mass is 410 g/mol. The number of methoxy groups -OCH3 is 1. The van der Waals surface area contributed by atoms with Crippen LogP contribution in [0.2, 0.25) is 0 Å². The van der Waals surface area contributed by atoms with Gasteiger partial charge in [-0.05, 0) is 61.0 Å². The first-order valence-corrected chi connectivity index (χ1v) is 9.72. The van der Waals surface area contributed by atoms with Crippen LogP contribution < -0.4 is 10.2 Å². The van der Waals surface area contributed by atoms with E-state index in [-0.39, 0.29) is 0 Å². The van der Waals surface area contributed by atoms with Crippen LogP contribution in [0.4, 0.5) is 4.39 Å². The standard InChI is InChI=1S/C21H19FN4O2S/c1-14(25-26-20(27)15-4-7-18(22)8-5-15)16-6-9-19(28-2)17(12-16)13-29-21-23-10-3-11-24-21/h3-12H,13H2,1-2H3,(H,26,27)/b25-14-. The van der Waals surface area contributed by atoms with Crippen LogP contribution in [0, 0.1) is 5.82 Å². The summed E-state index contributed by atoms with van der Waals surface area (Å²) in [6.07, 6.45) is 3.40. The summed E-state index contributed by atoms with van der Waals surface area (Å²) >= 11 is 1.50. The van der Waals surface area contributed by atoms with E-state index in [2.05, 4.69) is 20.5 Å². The fraction of sp³-hybridized carbons (Fsp3) is 0.143. The van der Waals surface area contributed by atoms with Gasteiger partial charge in [0, 0.05) is 29.3 Å². The first kappa shape index (κ1) is 20.5. The largest absolute Gasteiger partial charge is 0.496 e. The number of benzene rings is 2. The van der Waals surface area contributed by atoms with Crippen LogP contribution in [-0.2, 0) is 5.75 Å². The second-order valence-electron chi connectivity index (χ2n) is 5.99. The van der Waals surface area contributed by atoms with E-state index >= 15 is 0 Å². The molecule has 1 amide bonds. The predicted octanol–water partition coefficient (Wildman–Crippen LogP) is 4.07. The van der Waals surface area contributed by atoms with Crippen molar-refractivity contribution in [3.05, 3.63) is 83.4 Å². The summed E-state index contributed by atoms with van der Waals surface area (Å²) < 4.78 is 18.4. The zero-order chi connectivity index (χ0) is 20.6. The maximum Gasteiger partial charge on any atom is 0.271 e. The van der Waals surface area contributed by atoms with Gasteiger partial charge in [0.15, 0.2) is 5.16 Å². The summed E-state index contributed by atoms with van der Waals surface area (Å²) in [5.74, 6) is 0.567. The zero-order valence-corrected chi connectivity index (χ0v) is 16.7. The first-order chi connectivity index (χ1) is 14.1. The molecule has 0 saturated carbocycles. The fourth-order valence-electron chi connectivity index (χ4n) is 2.48. The molecule has 0 radical (unpaired) electrons. The lowest BCUT2D eigenvalue weighted by Crippen LogP contribution is -2.19. The highest BCUT2D eigenvalue weighted by molar-refractivity contribution is 7.98. The van der Waals surface area contributed by atoms with Crippen molar-refractivity contribution < 1.29 is 13.9 Å². The lowest BCUT2D eigenvalue weighted by atomic mass is 10.1. The van der Waals surface area contributed by atoms with Crippen molar-refractivity contribution in [2.45, 2.75) is 17.8 Å². The third-order valence-corrected chi connectivity index (χ3v) is 4.95. The van der Waals surface area contributed by atoms with Gasteiger partial charge in [-0.3, -0.25) is 4.79 Å². The Morgan fingerprint density at radius 3 is 2.52 bits per heavy atom. The summed E-state index contributed by atoms with van der Waals surface area (Å²) in [7, 11) is 1.62. The molecule has 0 atom stereocenters. The van der Waals surface area contributed by atoms with Gasteiger partial charge in [-0.25, -0.2) is 19.8 Å². The Morgan fingerprint density at radius 1 is 1.14 bits per heavy atom. The van der Waals surface area contributed by atoms with Gasteiger partial charge in [0.1, 0.15) is 11.6 Å². The lowest BCUT2D eigenvalue weighted by molar-refractivity contribution is 0.0955. The van der Waals surface area contributed by atoms with Crippen LogP contribution in [-0.4, -0.2) is 28.7 Å². The number of carbonyl (C=O) groups is 1. The molecule has 29 heavy (non-hydrogen) atoms. The average Bonchev–Trinajstić information content (AvgIpc) is 2.76. The number of ether oxygens (including phenoxy) is 1.